The molecule has 62 valence electrons. The highest BCUT2D eigenvalue weighted by Gasteiger charge is 2.16. The van der Waals surface area contributed by atoms with E-state index in [9.17, 15) is 9.59 Å². The van der Waals surface area contributed by atoms with E-state index in [1.54, 1.807) is 0 Å². The molecule has 2 N–H and O–H groups in total. The third-order valence-corrected chi connectivity index (χ3v) is 1.50. The minimum Gasteiger partial charge on any atom is -0.478 e. The van der Waals surface area contributed by atoms with Crippen molar-refractivity contribution in [3.63, 3.8) is 0 Å². The van der Waals surface area contributed by atoms with Crippen LogP contribution in [0.5, 0.6) is 0 Å². The van der Waals surface area contributed by atoms with Crippen LogP contribution in [0.2, 0.25) is 0 Å². The van der Waals surface area contributed by atoms with Crippen LogP contribution in [0, 0.1) is 0 Å². The van der Waals surface area contributed by atoms with E-state index in [-0.39, 0.29) is 0 Å². The lowest BCUT2D eigenvalue weighted by Crippen LogP contribution is -2.08. The minimum atomic E-state index is -1.50. The average Bonchev–Trinajstić information content (AvgIpc) is 1.88. The van der Waals surface area contributed by atoms with Crippen LogP contribution in [0.15, 0.2) is 10.6 Å². The molecule has 0 aromatic carbocycles. The first-order valence-corrected chi connectivity index (χ1v) is 3.33. The molecule has 0 spiro atoms. The van der Waals surface area contributed by atoms with Crippen molar-refractivity contribution in [1.82, 2.24) is 0 Å². The van der Waals surface area contributed by atoms with Gasteiger partial charge in [-0.2, -0.15) is 0 Å². The largest absolute Gasteiger partial charge is 0.478 e. The lowest BCUT2D eigenvalue weighted by atomic mass is 10.3. The van der Waals surface area contributed by atoms with E-state index >= 15 is 0 Å². The number of alkyl halides is 1. The third kappa shape index (κ3) is 2.78. The predicted molar refractivity (Wildman–Crippen MR) is 38.9 cm³/mol. The molecule has 0 saturated carbocycles. The summed E-state index contributed by atoms with van der Waals surface area (Å²) >= 11 is 10.2. The van der Waals surface area contributed by atoms with Crippen molar-refractivity contribution in [2.75, 3.05) is 5.88 Å². The summed E-state index contributed by atoms with van der Waals surface area (Å²) in [5.74, 6) is -3.35. The molecule has 0 bridgehead atoms. The molecule has 0 unspecified atom stereocenters. The average molecular weight is 199 g/mol. The third-order valence-electron chi connectivity index (χ3n) is 0.845. The summed E-state index contributed by atoms with van der Waals surface area (Å²) in [5, 5.41) is 15.8. The highest BCUT2D eigenvalue weighted by atomic mass is 35.5. The molecule has 0 atom stereocenters. The molecule has 0 heterocycles. The lowest BCUT2D eigenvalue weighted by molar-refractivity contribution is -0.135. The number of carbonyl (C=O) groups is 2. The topological polar surface area (TPSA) is 74.6 Å². The van der Waals surface area contributed by atoms with Gasteiger partial charge in [-0.15, -0.1) is 11.6 Å². The number of hydrogen-bond acceptors (Lipinski definition) is 2. The fourth-order valence-corrected chi connectivity index (χ4v) is 0.803. The monoisotopic (exact) mass is 198 g/mol. The SMILES string of the molecule is O=C(O)/C(Cl)=C(/CCl)C(=O)O. The zero-order chi connectivity index (χ0) is 9.02. The Balaban J connectivity index is 4.83. The fraction of sp³-hybridized carbons (Fsp3) is 0.200. The molecule has 0 rings (SSSR count). The van der Waals surface area contributed by atoms with Crippen molar-refractivity contribution in [3.8, 4) is 0 Å². The maximum Gasteiger partial charge on any atom is 0.347 e. The molecule has 0 saturated heterocycles. The van der Waals surface area contributed by atoms with Gasteiger partial charge in [-0.1, -0.05) is 11.6 Å². The van der Waals surface area contributed by atoms with Crippen molar-refractivity contribution < 1.29 is 19.8 Å². The molecule has 0 amide bonds. The quantitative estimate of drug-likeness (QED) is 0.522. The number of halogens is 2. The van der Waals surface area contributed by atoms with Crippen molar-refractivity contribution in [2.24, 2.45) is 0 Å². The van der Waals surface area contributed by atoms with Gasteiger partial charge in [-0.3, -0.25) is 0 Å². The Morgan fingerprint density at radius 2 is 1.64 bits per heavy atom. The molecule has 11 heavy (non-hydrogen) atoms. The maximum atomic E-state index is 10.2. The van der Waals surface area contributed by atoms with Crippen LogP contribution in [-0.4, -0.2) is 28.0 Å². The standard InChI is InChI=1S/C5H4Cl2O4/c6-1-2(4(8)9)3(7)5(10)11/h1H2,(H,8,9)(H,10,11)/b3-2+. The zero-order valence-corrected chi connectivity index (χ0v) is 6.69. The Kier molecular flexibility index (Phi) is 3.92. The van der Waals surface area contributed by atoms with E-state index in [0.29, 0.717) is 0 Å². The molecule has 0 aliphatic carbocycles. The van der Waals surface area contributed by atoms with E-state index in [4.69, 9.17) is 33.4 Å². The van der Waals surface area contributed by atoms with Gasteiger partial charge in [0.1, 0.15) is 5.03 Å². The van der Waals surface area contributed by atoms with Crippen molar-refractivity contribution in [3.05, 3.63) is 10.6 Å². The second kappa shape index (κ2) is 4.20. The summed E-state index contributed by atoms with van der Waals surface area (Å²) in [6, 6.07) is 0. The maximum absolute atomic E-state index is 10.2. The summed E-state index contributed by atoms with van der Waals surface area (Å²) in [4.78, 5) is 20.3. The molecule has 0 radical (unpaired) electrons. The zero-order valence-electron chi connectivity index (χ0n) is 5.17. The van der Waals surface area contributed by atoms with E-state index in [1.165, 1.54) is 0 Å². The summed E-state index contributed by atoms with van der Waals surface area (Å²) in [6.45, 7) is 0. The highest BCUT2D eigenvalue weighted by Crippen LogP contribution is 2.11. The summed E-state index contributed by atoms with van der Waals surface area (Å²) in [6.07, 6.45) is 0. The second-order valence-corrected chi connectivity index (χ2v) is 2.18. The van der Waals surface area contributed by atoms with Gasteiger partial charge in [-0.05, 0) is 0 Å². The molecular formula is C5H4Cl2O4. The fourth-order valence-electron chi connectivity index (χ4n) is 0.339. The van der Waals surface area contributed by atoms with Gasteiger partial charge < -0.3 is 10.2 Å². The molecule has 0 aliphatic rings. The first-order valence-electron chi connectivity index (χ1n) is 2.42. The van der Waals surface area contributed by atoms with Gasteiger partial charge in [0.15, 0.2) is 0 Å². The lowest BCUT2D eigenvalue weighted by Gasteiger charge is -1.96. The molecule has 0 fully saturated rings. The molecule has 6 heteroatoms. The number of hydrogen-bond donors (Lipinski definition) is 2. The Labute approximate surface area is 72.0 Å². The van der Waals surface area contributed by atoms with Gasteiger partial charge in [0.2, 0.25) is 0 Å². The molecular weight excluding hydrogens is 195 g/mol. The van der Waals surface area contributed by atoms with E-state index < -0.39 is 28.4 Å². The molecule has 0 aromatic rings. The number of carboxylic acids is 2. The second-order valence-electron chi connectivity index (χ2n) is 1.54. The Bertz CT molecular complexity index is 221. The predicted octanol–water partition coefficient (Wildman–Crippen LogP) is 0.887. The normalized spacial score (nSPS) is 12.2. The number of aliphatic carboxylic acids is 2. The Hall–Kier alpha value is -0.740. The van der Waals surface area contributed by atoms with Gasteiger partial charge in [0.25, 0.3) is 0 Å². The van der Waals surface area contributed by atoms with Gasteiger partial charge in [-0.25, -0.2) is 9.59 Å². The summed E-state index contributed by atoms with van der Waals surface area (Å²) in [5.41, 5.74) is -0.513. The number of rotatable bonds is 3. The smallest absolute Gasteiger partial charge is 0.347 e. The summed E-state index contributed by atoms with van der Waals surface area (Å²) < 4.78 is 0. The molecule has 0 aliphatic heterocycles. The van der Waals surface area contributed by atoms with Crippen molar-refractivity contribution >= 4 is 35.1 Å². The minimum absolute atomic E-state index is 0.430. The van der Waals surface area contributed by atoms with Crippen molar-refractivity contribution in [2.45, 2.75) is 0 Å². The van der Waals surface area contributed by atoms with Crippen LogP contribution in [-0.2, 0) is 9.59 Å². The molecule has 0 aromatic heterocycles. The Morgan fingerprint density at radius 3 is 1.73 bits per heavy atom. The van der Waals surface area contributed by atoms with Gasteiger partial charge in [0, 0.05) is 0 Å². The van der Waals surface area contributed by atoms with Gasteiger partial charge in [0.05, 0.1) is 11.5 Å². The van der Waals surface area contributed by atoms with Gasteiger partial charge >= 0.3 is 11.9 Å². The Morgan fingerprint density at radius 1 is 1.18 bits per heavy atom. The van der Waals surface area contributed by atoms with Crippen molar-refractivity contribution in [1.29, 1.82) is 0 Å². The summed E-state index contributed by atoms with van der Waals surface area (Å²) in [7, 11) is 0. The van der Waals surface area contributed by atoms with Crippen LogP contribution in [0.25, 0.3) is 0 Å². The van der Waals surface area contributed by atoms with E-state index in [2.05, 4.69) is 0 Å². The van der Waals surface area contributed by atoms with Crippen LogP contribution >= 0.6 is 23.2 Å². The number of carboxylic acid groups (broad SMARTS) is 2. The van der Waals surface area contributed by atoms with Crippen LogP contribution < -0.4 is 0 Å². The van der Waals surface area contributed by atoms with Crippen LogP contribution in [0.4, 0.5) is 0 Å². The highest BCUT2D eigenvalue weighted by molar-refractivity contribution is 6.43. The first kappa shape index (κ1) is 10.3. The van der Waals surface area contributed by atoms with E-state index in [1.807, 2.05) is 0 Å². The van der Waals surface area contributed by atoms with E-state index in [0.717, 1.165) is 0 Å². The first-order chi connectivity index (χ1) is 5.00. The van der Waals surface area contributed by atoms with Crippen LogP contribution in [0.1, 0.15) is 0 Å². The molecule has 4 nitrogen and oxygen atoms in total. The van der Waals surface area contributed by atoms with Crippen LogP contribution in [0.3, 0.4) is 0 Å².